The fourth-order valence-corrected chi connectivity index (χ4v) is 2.53. The predicted octanol–water partition coefficient (Wildman–Crippen LogP) is 4.59. The van der Waals surface area contributed by atoms with Crippen molar-refractivity contribution in [3.63, 3.8) is 0 Å². The molecule has 0 aliphatic heterocycles. The molecule has 0 radical (unpaired) electrons. The standard InChI is InChI=1S/C18H20ClNO2/c1-11-7-13(3)18(14(4)8-11)20-17(21)10-22-15-5-6-16(19)12(2)9-15/h5-9H,10H2,1-4H3,(H,20,21). The monoisotopic (exact) mass is 317 g/mol. The van der Waals surface area contributed by atoms with E-state index >= 15 is 0 Å². The molecule has 0 spiro atoms. The molecule has 0 aliphatic carbocycles. The Balaban J connectivity index is 2.00. The van der Waals surface area contributed by atoms with Gasteiger partial charge >= 0.3 is 0 Å². The minimum absolute atomic E-state index is 0.0339. The highest BCUT2D eigenvalue weighted by molar-refractivity contribution is 6.31. The molecule has 0 fully saturated rings. The Labute approximate surface area is 136 Å². The second-order valence-corrected chi connectivity index (χ2v) is 5.93. The first-order valence-corrected chi connectivity index (χ1v) is 7.51. The number of carbonyl (C=O) groups is 1. The summed E-state index contributed by atoms with van der Waals surface area (Å²) in [6.45, 7) is 7.87. The number of carbonyl (C=O) groups excluding carboxylic acids is 1. The fraction of sp³-hybridized carbons (Fsp3) is 0.278. The Morgan fingerprint density at radius 1 is 1.05 bits per heavy atom. The average Bonchev–Trinajstić information content (AvgIpc) is 2.44. The SMILES string of the molecule is Cc1cc(C)c(NC(=O)COc2ccc(Cl)c(C)c2)c(C)c1. The number of amides is 1. The molecule has 1 amide bonds. The minimum atomic E-state index is -0.178. The number of halogens is 1. The van der Waals surface area contributed by atoms with Crippen LogP contribution < -0.4 is 10.1 Å². The minimum Gasteiger partial charge on any atom is -0.484 e. The van der Waals surface area contributed by atoms with Crippen LogP contribution >= 0.6 is 11.6 Å². The van der Waals surface area contributed by atoms with Crippen LogP contribution in [0.2, 0.25) is 5.02 Å². The van der Waals surface area contributed by atoms with E-state index < -0.39 is 0 Å². The van der Waals surface area contributed by atoms with E-state index in [4.69, 9.17) is 16.3 Å². The van der Waals surface area contributed by atoms with E-state index in [0.29, 0.717) is 10.8 Å². The Morgan fingerprint density at radius 3 is 2.27 bits per heavy atom. The summed E-state index contributed by atoms with van der Waals surface area (Å²) in [6.07, 6.45) is 0. The maximum Gasteiger partial charge on any atom is 0.262 e. The topological polar surface area (TPSA) is 38.3 Å². The number of benzene rings is 2. The molecule has 2 aromatic carbocycles. The molecule has 22 heavy (non-hydrogen) atoms. The normalized spacial score (nSPS) is 10.4. The van der Waals surface area contributed by atoms with Gasteiger partial charge in [0.2, 0.25) is 0 Å². The lowest BCUT2D eigenvalue weighted by atomic mass is 10.1. The summed E-state index contributed by atoms with van der Waals surface area (Å²) >= 11 is 5.96. The maximum absolute atomic E-state index is 12.1. The van der Waals surface area contributed by atoms with Gasteiger partial charge in [-0.25, -0.2) is 0 Å². The van der Waals surface area contributed by atoms with Crippen LogP contribution in [0.5, 0.6) is 5.75 Å². The number of hydrogen-bond acceptors (Lipinski definition) is 2. The summed E-state index contributed by atoms with van der Waals surface area (Å²) in [6, 6.07) is 9.43. The Morgan fingerprint density at radius 2 is 1.68 bits per heavy atom. The molecule has 0 aliphatic rings. The first kappa shape index (κ1) is 16.4. The number of ether oxygens (including phenoxy) is 1. The van der Waals surface area contributed by atoms with Crippen molar-refractivity contribution in [1.82, 2.24) is 0 Å². The van der Waals surface area contributed by atoms with E-state index in [1.807, 2.05) is 45.9 Å². The molecule has 0 atom stereocenters. The molecule has 0 saturated carbocycles. The first-order valence-electron chi connectivity index (χ1n) is 7.13. The quantitative estimate of drug-likeness (QED) is 0.895. The van der Waals surface area contributed by atoms with Crippen LogP contribution in [0.25, 0.3) is 0 Å². The van der Waals surface area contributed by atoms with E-state index in [-0.39, 0.29) is 12.5 Å². The highest BCUT2D eigenvalue weighted by Gasteiger charge is 2.09. The van der Waals surface area contributed by atoms with E-state index in [9.17, 15) is 4.79 Å². The third kappa shape index (κ3) is 4.01. The van der Waals surface area contributed by atoms with Crippen molar-refractivity contribution in [3.8, 4) is 5.75 Å². The van der Waals surface area contributed by atoms with Gasteiger partial charge in [-0.2, -0.15) is 0 Å². The van der Waals surface area contributed by atoms with Gasteiger partial charge in [-0.05, 0) is 62.6 Å². The molecule has 0 unspecified atom stereocenters. The summed E-state index contributed by atoms with van der Waals surface area (Å²) in [7, 11) is 0. The number of hydrogen-bond donors (Lipinski definition) is 1. The van der Waals surface area contributed by atoms with Crippen LogP contribution in [-0.4, -0.2) is 12.5 Å². The molecule has 0 heterocycles. The Kier molecular flexibility index (Phi) is 5.09. The third-order valence-electron chi connectivity index (χ3n) is 3.44. The second-order valence-electron chi connectivity index (χ2n) is 5.52. The van der Waals surface area contributed by atoms with Gasteiger partial charge in [0.15, 0.2) is 6.61 Å². The van der Waals surface area contributed by atoms with Crippen molar-refractivity contribution in [2.45, 2.75) is 27.7 Å². The van der Waals surface area contributed by atoms with Crippen LogP contribution in [0.15, 0.2) is 30.3 Å². The molecule has 116 valence electrons. The van der Waals surface area contributed by atoms with Crippen LogP contribution in [0, 0.1) is 27.7 Å². The summed E-state index contributed by atoms with van der Waals surface area (Å²) in [5.41, 5.74) is 5.05. The van der Waals surface area contributed by atoms with Gasteiger partial charge in [-0.1, -0.05) is 29.3 Å². The summed E-state index contributed by atoms with van der Waals surface area (Å²) < 4.78 is 5.51. The highest BCUT2D eigenvalue weighted by Crippen LogP contribution is 2.23. The summed E-state index contributed by atoms with van der Waals surface area (Å²) in [5, 5.41) is 3.60. The lowest BCUT2D eigenvalue weighted by Crippen LogP contribution is -2.21. The number of rotatable bonds is 4. The van der Waals surface area contributed by atoms with Gasteiger partial charge in [0.25, 0.3) is 5.91 Å². The van der Waals surface area contributed by atoms with Gasteiger partial charge in [-0.3, -0.25) is 4.79 Å². The summed E-state index contributed by atoms with van der Waals surface area (Å²) in [4.78, 5) is 12.1. The lowest BCUT2D eigenvalue weighted by molar-refractivity contribution is -0.118. The fourth-order valence-electron chi connectivity index (χ4n) is 2.41. The third-order valence-corrected chi connectivity index (χ3v) is 3.86. The van der Waals surface area contributed by atoms with E-state index in [2.05, 4.69) is 5.32 Å². The van der Waals surface area contributed by atoms with E-state index in [1.165, 1.54) is 5.56 Å². The van der Waals surface area contributed by atoms with Crippen LogP contribution in [0.3, 0.4) is 0 Å². The van der Waals surface area contributed by atoms with Crippen molar-refractivity contribution in [2.75, 3.05) is 11.9 Å². The Hall–Kier alpha value is -2.00. The molecule has 2 rings (SSSR count). The second kappa shape index (κ2) is 6.84. The van der Waals surface area contributed by atoms with Crippen molar-refractivity contribution in [3.05, 3.63) is 57.6 Å². The van der Waals surface area contributed by atoms with Gasteiger partial charge in [0, 0.05) is 10.7 Å². The Bertz CT molecular complexity index is 687. The van der Waals surface area contributed by atoms with Gasteiger partial charge < -0.3 is 10.1 Å². The largest absolute Gasteiger partial charge is 0.484 e. The molecule has 2 aromatic rings. The zero-order valence-corrected chi connectivity index (χ0v) is 14.0. The molecule has 1 N–H and O–H groups in total. The number of nitrogens with one attached hydrogen (secondary N) is 1. The van der Waals surface area contributed by atoms with Gasteiger partial charge in [0.05, 0.1) is 0 Å². The van der Waals surface area contributed by atoms with Crippen molar-refractivity contribution >= 4 is 23.2 Å². The van der Waals surface area contributed by atoms with Gasteiger partial charge in [0.1, 0.15) is 5.75 Å². The van der Waals surface area contributed by atoms with Gasteiger partial charge in [-0.15, -0.1) is 0 Å². The van der Waals surface area contributed by atoms with Crippen molar-refractivity contribution in [2.24, 2.45) is 0 Å². The smallest absolute Gasteiger partial charge is 0.262 e. The maximum atomic E-state index is 12.1. The molecule has 0 bridgehead atoms. The van der Waals surface area contributed by atoms with Crippen molar-refractivity contribution < 1.29 is 9.53 Å². The van der Waals surface area contributed by atoms with Crippen LogP contribution in [0.1, 0.15) is 22.3 Å². The molecular formula is C18H20ClNO2. The molecule has 0 saturated heterocycles. The van der Waals surface area contributed by atoms with Crippen LogP contribution in [0.4, 0.5) is 5.69 Å². The molecule has 4 heteroatoms. The zero-order chi connectivity index (χ0) is 16.3. The lowest BCUT2D eigenvalue weighted by Gasteiger charge is -2.13. The van der Waals surface area contributed by atoms with E-state index in [0.717, 1.165) is 22.4 Å². The number of anilines is 1. The highest BCUT2D eigenvalue weighted by atomic mass is 35.5. The first-order chi connectivity index (χ1) is 10.4. The molecular weight excluding hydrogens is 298 g/mol. The predicted molar refractivity (Wildman–Crippen MR) is 91.0 cm³/mol. The van der Waals surface area contributed by atoms with Crippen LogP contribution in [-0.2, 0) is 4.79 Å². The number of aryl methyl sites for hydroxylation is 4. The van der Waals surface area contributed by atoms with E-state index in [1.54, 1.807) is 12.1 Å². The average molecular weight is 318 g/mol. The molecule has 3 nitrogen and oxygen atoms in total. The van der Waals surface area contributed by atoms with Crippen molar-refractivity contribution in [1.29, 1.82) is 0 Å². The molecule has 0 aromatic heterocycles. The zero-order valence-electron chi connectivity index (χ0n) is 13.3. The summed E-state index contributed by atoms with van der Waals surface area (Å²) in [5.74, 6) is 0.456.